The van der Waals surface area contributed by atoms with Gasteiger partial charge in [0.15, 0.2) is 0 Å². The van der Waals surface area contributed by atoms with Gasteiger partial charge in [0.25, 0.3) is 0 Å². The first-order valence-electron chi connectivity index (χ1n) is 5.69. The molecule has 0 fully saturated rings. The fourth-order valence-electron chi connectivity index (χ4n) is 1.40. The van der Waals surface area contributed by atoms with Gasteiger partial charge in [0, 0.05) is 6.61 Å². The topological polar surface area (TPSA) is 29.5 Å². The highest BCUT2D eigenvalue weighted by Crippen LogP contribution is 2.12. The number of aryl methyl sites for hydroxylation is 1. The van der Waals surface area contributed by atoms with Gasteiger partial charge in [-0.2, -0.15) is 0 Å². The molecule has 0 saturated carbocycles. The van der Waals surface area contributed by atoms with Crippen molar-refractivity contribution in [2.45, 2.75) is 32.6 Å². The van der Waals surface area contributed by atoms with Gasteiger partial charge in [-0.05, 0) is 43.4 Å². The number of ether oxygens (including phenoxy) is 1. The third-order valence-corrected chi connectivity index (χ3v) is 2.40. The van der Waals surface area contributed by atoms with E-state index in [1.165, 1.54) is 5.56 Å². The second kappa shape index (κ2) is 7.30. The van der Waals surface area contributed by atoms with Crippen molar-refractivity contribution < 1.29 is 9.84 Å². The van der Waals surface area contributed by atoms with Crippen LogP contribution in [-0.2, 0) is 6.42 Å². The van der Waals surface area contributed by atoms with E-state index in [0.29, 0.717) is 0 Å². The third kappa shape index (κ3) is 4.84. The van der Waals surface area contributed by atoms with Gasteiger partial charge in [-0.25, -0.2) is 0 Å². The molecule has 0 radical (unpaired) electrons. The Labute approximate surface area is 91.9 Å². The number of hydrogen-bond donors (Lipinski definition) is 1. The lowest BCUT2D eigenvalue weighted by molar-refractivity contribution is 0.266. The minimum Gasteiger partial charge on any atom is -0.494 e. The number of aliphatic hydroxyl groups is 1. The lowest BCUT2D eigenvalue weighted by Crippen LogP contribution is -1.97. The highest BCUT2D eigenvalue weighted by molar-refractivity contribution is 5.27. The first kappa shape index (κ1) is 12.1. The molecule has 2 nitrogen and oxygen atoms in total. The van der Waals surface area contributed by atoms with Crippen LogP contribution in [0.15, 0.2) is 24.3 Å². The van der Waals surface area contributed by atoms with E-state index < -0.39 is 0 Å². The maximum Gasteiger partial charge on any atom is 0.119 e. The molecule has 0 aliphatic rings. The molecule has 2 heteroatoms. The first-order valence-corrected chi connectivity index (χ1v) is 5.69. The molecule has 0 amide bonds. The highest BCUT2D eigenvalue weighted by atomic mass is 16.5. The van der Waals surface area contributed by atoms with E-state index >= 15 is 0 Å². The Morgan fingerprint density at radius 3 is 2.40 bits per heavy atom. The molecule has 0 aliphatic carbocycles. The zero-order valence-corrected chi connectivity index (χ0v) is 9.41. The van der Waals surface area contributed by atoms with Gasteiger partial charge in [0.05, 0.1) is 6.61 Å². The molecule has 1 aromatic rings. The Hall–Kier alpha value is -1.02. The van der Waals surface area contributed by atoms with Crippen LogP contribution in [0.25, 0.3) is 0 Å². The van der Waals surface area contributed by atoms with E-state index in [-0.39, 0.29) is 6.61 Å². The summed E-state index contributed by atoms with van der Waals surface area (Å²) < 4.78 is 5.57. The summed E-state index contributed by atoms with van der Waals surface area (Å²) in [5.41, 5.74) is 1.34. The summed E-state index contributed by atoms with van der Waals surface area (Å²) >= 11 is 0. The summed E-state index contributed by atoms with van der Waals surface area (Å²) in [5, 5.41) is 8.60. The molecule has 1 rings (SSSR count). The number of benzene rings is 1. The lowest BCUT2D eigenvalue weighted by atomic mass is 10.2. The van der Waals surface area contributed by atoms with Crippen molar-refractivity contribution in [3.8, 4) is 5.75 Å². The van der Waals surface area contributed by atoms with Gasteiger partial charge >= 0.3 is 0 Å². The molecule has 1 N–H and O–H groups in total. The average molecular weight is 208 g/mol. The second-order valence-corrected chi connectivity index (χ2v) is 3.63. The predicted octanol–water partition coefficient (Wildman–Crippen LogP) is 2.79. The minimum atomic E-state index is 0.283. The van der Waals surface area contributed by atoms with E-state index in [0.717, 1.165) is 38.0 Å². The van der Waals surface area contributed by atoms with Crippen molar-refractivity contribution in [1.82, 2.24) is 0 Å². The van der Waals surface area contributed by atoms with Crippen molar-refractivity contribution in [1.29, 1.82) is 0 Å². The Bertz CT molecular complexity index is 254. The number of aliphatic hydroxyl groups excluding tert-OH is 1. The van der Waals surface area contributed by atoms with Crippen molar-refractivity contribution >= 4 is 0 Å². The molecule has 0 bridgehead atoms. The quantitative estimate of drug-likeness (QED) is 0.698. The standard InChI is InChI=1S/C13H20O2/c1-2-12-6-8-13(9-7-12)15-11-5-3-4-10-14/h6-9,14H,2-5,10-11H2,1H3. The minimum absolute atomic E-state index is 0.283. The molecular weight excluding hydrogens is 188 g/mol. The highest BCUT2D eigenvalue weighted by Gasteiger charge is 1.94. The monoisotopic (exact) mass is 208 g/mol. The molecule has 0 spiro atoms. The van der Waals surface area contributed by atoms with Crippen LogP contribution in [0.3, 0.4) is 0 Å². The summed E-state index contributed by atoms with van der Waals surface area (Å²) in [4.78, 5) is 0. The van der Waals surface area contributed by atoms with Crippen molar-refractivity contribution in [2.75, 3.05) is 13.2 Å². The summed E-state index contributed by atoms with van der Waals surface area (Å²) in [7, 11) is 0. The molecule has 0 saturated heterocycles. The zero-order valence-electron chi connectivity index (χ0n) is 9.41. The second-order valence-electron chi connectivity index (χ2n) is 3.63. The fraction of sp³-hybridized carbons (Fsp3) is 0.538. The first-order chi connectivity index (χ1) is 7.36. The van der Waals surface area contributed by atoms with E-state index in [1.807, 2.05) is 12.1 Å². The maximum absolute atomic E-state index is 8.60. The van der Waals surface area contributed by atoms with E-state index in [2.05, 4.69) is 19.1 Å². The van der Waals surface area contributed by atoms with Gasteiger partial charge in [-0.3, -0.25) is 0 Å². The van der Waals surface area contributed by atoms with Crippen LogP contribution in [0, 0.1) is 0 Å². The smallest absolute Gasteiger partial charge is 0.119 e. The number of unbranched alkanes of at least 4 members (excludes halogenated alkanes) is 2. The van der Waals surface area contributed by atoms with Crippen molar-refractivity contribution in [3.05, 3.63) is 29.8 Å². The van der Waals surface area contributed by atoms with Gasteiger partial charge in [-0.15, -0.1) is 0 Å². The summed E-state index contributed by atoms with van der Waals surface area (Å²) in [6, 6.07) is 8.24. The average Bonchev–Trinajstić information content (AvgIpc) is 2.30. The Morgan fingerprint density at radius 2 is 1.80 bits per heavy atom. The molecule has 15 heavy (non-hydrogen) atoms. The summed E-state index contributed by atoms with van der Waals surface area (Å²) in [6.07, 6.45) is 3.98. The van der Waals surface area contributed by atoms with E-state index in [4.69, 9.17) is 9.84 Å². The molecule has 84 valence electrons. The van der Waals surface area contributed by atoms with Crippen LogP contribution in [0.4, 0.5) is 0 Å². The normalized spacial score (nSPS) is 10.3. The molecule has 0 aromatic heterocycles. The molecule has 0 aliphatic heterocycles. The lowest BCUT2D eigenvalue weighted by Gasteiger charge is -2.06. The van der Waals surface area contributed by atoms with Crippen molar-refractivity contribution in [3.63, 3.8) is 0 Å². The van der Waals surface area contributed by atoms with Crippen LogP contribution in [-0.4, -0.2) is 18.3 Å². The van der Waals surface area contributed by atoms with Gasteiger partial charge in [0.2, 0.25) is 0 Å². The van der Waals surface area contributed by atoms with E-state index in [9.17, 15) is 0 Å². The molecule has 0 atom stereocenters. The largest absolute Gasteiger partial charge is 0.494 e. The summed E-state index contributed by atoms with van der Waals surface area (Å²) in [5.74, 6) is 0.941. The molecular formula is C13H20O2. The maximum atomic E-state index is 8.60. The van der Waals surface area contributed by atoms with Gasteiger partial charge in [-0.1, -0.05) is 19.1 Å². The fourth-order valence-corrected chi connectivity index (χ4v) is 1.40. The van der Waals surface area contributed by atoms with Crippen LogP contribution < -0.4 is 4.74 Å². The van der Waals surface area contributed by atoms with Crippen LogP contribution in [0.1, 0.15) is 31.7 Å². The summed E-state index contributed by atoms with van der Waals surface area (Å²) in [6.45, 7) is 3.17. The SMILES string of the molecule is CCc1ccc(OCCCCCO)cc1. The Kier molecular flexibility index (Phi) is 5.86. The van der Waals surface area contributed by atoms with Gasteiger partial charge < -0.3 is 9.84 Å². The number of rotatable bonds is 7. The van der Waals surface area contributed by atoms with Gasteiger partial charge in [0.1, 0.15) is 5.75 Å². The molecule has 0 unspecified atom stereocenters. The Morgan fingerprint density at radius 1 is 1.07 bits per heavy atom. The van der Waals surface area contributed by atoms with Crippen molar-refractivity contribution in [2.24, 2.45) is 0 Å². The predicted molar refractivity (Wildman–Crippen MR) is 62.3 cm³/mol. The zero-order chi connectivity index (χ0) is 10.9. The van der Waals surface area contributed by atoms with Crippen LogP contribution >= 0.6 is 0 Å². The Balaban J connectivity index is 2.20. The van der Waals surface area contributed by atoms with Crippen LogP contribution in [0.5, 0.6) is 5.75 Å². The molecule has 0 heterocycles. The van der Waals surface area contributed by atoms with Crippen LogP contribution in [0.2, 0.25) is 0 Å². The third-order valence-electron chi connectivity index (χ3n) is 2.40. The number of hydrogen-bond acceptors (Lipinski definition) is 2. The molecule has 1 aromatic carbocycles. The van der Waals surface area contributed by atoms with E-state index in [1.54, 1.807) is 0 Å².